The number of amides is 2. The summed E-state index contributed by atoms with van der Waals surface area (Å²) in [6, 6.07) is 11.3. The average molecular weight is 354 g/mol. The Kier molecular flexibility index (Phi) is 4.17. The van der Waals surface area contributed by atoms with Crippen molar-refractivity contribution in [3.05, 3.63) is 35.9 Å². The number of urea groups is 1. The van der Waals surface area contributed by atoms with Gasteiger partial charge in [-0.3, -0.25) is 4.90 Å². The van der Waals surface area contributed by atoms with Crippen molar-refractivity contribution in [2.45, 2.75) is 37.3 Å². The number of nitrogens with one attached hydrogen (secondary N) is 1. The van der Waals surface area contributed by atoms with Crippen LogP contribution in [0.5, 0.6) is 0 Å². The Hall–Kier alpha value is -1.59. The van der Waals surface area contributed by atoms with Crippen LogP contribution in [0.3, 0.4) is 0 Å². The molecule has 140 valence electrons. The molecule has 4 aliphatic heterocycles. The number of piperazine rings is 1. The molecule has 1 aromatic carbocycles. The van der Waals surface area contributed by atoms with Crippen LogP contribution in [0, 0.1) is 5.92 Å². The quantitative estimate of drug-likeness (QED) is 0.903. The summed E-state index contributed by atoms with van der Waals surface area (Å²) in [7, 11) is 0. The lowest BCUT2D eigenvalue weighted by Crippen LogP contribution is -2.62. The van der Waals surface area contributed by atoms with Crippen LogP contribution >= 0.6 is 0 Å². The van der Waals surface area contributed by atoms with E-state index in [2.05, 4.69) is 39.4 Å². The van der Waals surface area contributed by atoms with Gasteiger partial charge in [-0.15, -0.1) is 0 Å². The van der Waals surface area contributed by atoms with E-state index in [1.165, 1.54) is 38.0 Å². The first-order chi connectivity index (χ1) is 12.7. The first-order valence-electron chi connectivity index (χ1n) is 10.3. The maximum Gasteiger partial charge on any atom is 0.318 e. The van der Waals surface area contributed by atoms with Crippen molar-refractivity contribution >= 4 is 6.03 Å². The van der Waals surface area contributed by atoms with Crippen LogP contribution in [0.1, 0.15) is 31.2 Å². The fourth-order valence-electron chi connectivity index (χ4n) is 5.26. The molecule has 1 N–H and O–H groups in total. The number of piperidine rings is 3. The molecule has 1 saturated carbocycles. The lowest BCUT2D eigenvalue weighted by molar-refractivity contribution is -0.0105. The molecule has 4 heterocycles. The van der Waals surface area contributed by atoms with E-state index in [9.17, 15) is 4.79 Å². The summed E-state index contributed by atoms with van der Waals surface area (Å²) in [6.45, 7) is 7.62. The molecule has 6 rings (SSSR count). The number of hydrogen-bond acceptors (Lipinski definition) is 3. The number of carbonyl (C=O) groups is 1. The molecule has 1 aliphatic carbocycles. The topological polar surface area (TPSA) is 38.8 Å². The van der Waals surface area contributed by atoms with Gasteiger partial charge in [0.15, 0.2) is 0 Å². The number of fused-ring (bicyclic) bond motifs is 3. The van der Waals surface area contributed by atoms with Crippen LogP contribution in [0.25, 0.3) is 0 Å². The lowest BCUT2D eigenvalue weighted by atomic mass is 9.83. The van der Waals surface area contributed by atoms with Gasteiger partial charge in [-0.2, -0.15) is 0 Å². The van der Waals surface area contributed by atoms with E-state index in [1.54, 1.807) is 0 Å². The third-order valence-corrected chi connectivity index (χ3v) is 7.11. The number of nitrogens with zero attached hydrogens (tertiary/aromatic N) is 3. The molecule has 2 amide bonds. The first kappa shape index (κ1) is 16.6. The van der Waals surface area contributed by atoms with Crippen molar-refractivity contribution in [1.82, 2.24) is 20.0 Å². The highest BCUT2D eigenvalue weighted by molar-refractivity contribution is 5.76. The van der Waals surface area contributed by atoms with Gasteiger partial charge < -0.3 is 15.1 Å². The molecule has 0 aromatic heterocycles. The second-order valence-corrected chi connectivity index (χ2v) is 8.61. The molecule has 5 fully saturated rings. The van der Waals surface area contributed by atoms with Gasteiger partial charge in [0, 0.05) is 38.8 Å². The maximum absolute atomic E-state index is 12.8. The number of rotatable bonds is 3. The van der Waals surface area contributed by atoms with Gasteiger partial charge in [0.1, 0.15) is 0 Å². The van der Waals surface area contributed by atoms with E-state index in [-0.39, 0.29) is 11.6 Å². The zero-order chi connectivity index (χ0) is 17.6. The molecule has 1 aromatic rings. The molecule has 0 spiro atoms. The largest absolute Gasteiger partial charge is 0.328 e. The molecule has 5 nitrogen and oxygen atoms in total. The fourth-order valence-corrected chi connectivity index (χ4v) is 5.26. The third-order valence-electron chi connectivity index (χ3n) is 7.11. The zero-order valence-corrected chi connectivity index (χ0v) is 15.6. The molecule has 1 atom stereocenters. The van der Waals surface area contributed by atoms with Crippen LogP contribution in [0.2, 0.25) is 0 Å². The minimum atomic E-state index is -0.106. The highest BCUT2D eigenvalue weighted by Crippen LogP contribution is 2.45. The number of hydrogen-bond donors (Lipinski definition) is 1. The van der Waals surface area contributed by atoms with Gasteiger partial charge in [0.2, 0.25) is 0 Å². The molecular formula is C21H30N4O. The molecule has 26 heavy (non-hydrogen) atoms. The van der Waals surface area contributed by atoms with Gasteiger partial charge in [-0.1, -0.05) is 30.3 Å². The predicted molar refractivity (Wildman–Crippen MR) is 102 cm³/mol. The fraction of sp³-hybridized carbons (Fsp3) is 0.667. The smallest absolute Gasteiger partial charge is 0.318 e. The second kappa shape index (κ2) is 6.54. The summed E-state index contributed by atoms with van der Waals surface area (Å²) in [5, 5.41) is 3.34. The highest BCUT2D eigenvalue weighted by Gasteiger charge is 2.46. The summed E-state index contributed by atoms with van der Waals surface area (Å²) in [4.78, 5) is 20.1. The van der Waals surface area contributed by atoms with E-state index in [4.69, 9.17) is 0 Å². The Bertz CT molecular complexity index is 643. The van der Waals surface area contributed by atoms with Crippen molar-refractivity contribution < 1.29 is 4.79 Å². The van der Waals surface area contributed by atoms with Gasteiger partial charge in [-0.05, 0) is 50.3 Å². The van der Waals surface area contributed by atoms with Crippen LogP contribution in [0.4, 0.5) is 4.79 Å². The Morgan fingerprint density at radius 2 is 1.65 bits per heavy atom. The highest BCUT2D eigenvalue weighted by atomic mass is 16.2. The molecule has 4 saturated heterocycles. The van der Waals surface area contributed by atoms with Crippen LogP contribution in [0.15, 0.2) is 30.3 Å². The molecular weight excluding hydrogens is 324 g/mol. The Balaban J connectivity index is 1.16. The van der Waals surface area contributed by atoms with E-state index in [0.29, 0.717) is 0 Å². The lowest BCUT2D eigenvalue weighted by Gasteiger charge is -2.51. The van der Waals surface area contributed by atoms with E-state index in [1.807, 2.05) is 11.0 Å². The summed E-state index contributed by atoms with van der Waals surface area (Å²) in [5.74, 6) is 0.883. The van der Waals surface area contributed by atoms with Gasteiger partial charge in [-0.25, -0.2) is 4.79 Å². The minimum Gasteiger partial charge on any atom is -0.328 e. The summed E-state index contributed by atoms with van der Waals surface area (Å²) >= 11 is 0. The van der Waals surface area contributed by atoms with Gasteiger partial charge >= 0.3 is 6.03 Å². The molecule has 5 aliphatic rings. The molecule has 5 heteroatoms. The zero-order valence-electron chi connectivity index (χ0n) is 15.6. The van der Waals surface area contributed by atoms with Crippen molar-refractivity contribution in [1.29, 1.82) is 0 Å². The van der Waals surface area contributed by atoms with Crippen molar-refractivity contribution in [2.24, 2.45) is 5.92 Å². The average Bonchev–Trinajstić information content (AvgIpc) is 3.50. The Labute approximate surface area is 156 Å². The first-order valence-corrected chi connectivity index (χ1v) is 10.3. The van der Waals surface area contributed by atoms with Crippen molar-refractivity contribution in [2.75, 3.05) is 45.8 Å². The van der Waals surface area contributed by atoms with Gasteiger partial charge in [0.05, 0.1) is 5.54 Å². The Morgan fingerprint density at radius 3 is 2.23 bits per heavy atom. The molecule has 0 radical (unpaired) electrons. The maximum atomic E-state index is 12.8. The van der Waals surface area contributed by atoms with Crippen LogP contribution in [-0.4, -0.2) is 72.6 Å². The van der Waals surface area contributed by atoms with Crippen molar-refractivity contribution in [3.8, 4) is 0 Å². The summed E-state index contributed by atoms with van der Waals surface area (Å²) in [5.41, 5.74) is 1.14. The summed E-state index contributed by atoms with van der Waals surface area (Å²) in [6.07, 6.45) is 4.85. The van der Waals surface area contributed by atoms with E-state index >= 15 is 0 Å². The SMILES string of the molecule is O=C(NC1(c2ccccc2)CC1)N1CCN([C@H]2CN3CCC2CC3)CC1. The standard InChI is InChI=1S/C21H30N4O/c26-20(22-21(8-9-21)18-4-2-1-3-5-18)25-14-12-24(13-15-25)19-16-23-10-6-17(19)7-11-23/h1-5,17,19H,6-16H2,(H,22,26)/t19-/m0/s1. The predicted octanol–water partition coefficient (Wildman–Crippen LogP) is 2.10. The van der Waals surface area contributed by atoms with Gasteiger partial charge in [0.25, 0.3) is 0 Å². The van der Waals surface area contributed by atoms with Crippen LogP contribution in [-0.2, 0) is 5.54 Å². The summed E-state index contributed by atoms with van der Waals surface area (Å²) < 4.78 is 0. The monoisotopic (exact) mass is 354 g/mol. The Morgan fingerprint density at radius 1 is 0.962 bits per heavy atom. The second-order valence-electron chi connectivity index (χ2n) is 8.61. The van der Waals surface area contributed by atoms with Crippen LogP contribution < -0.4 is 5.32 Å². The third kappa shape index (κ3) is 3.01. The van der Waals surface area contributed by atoms with E-state index in [0.717, 1.165) is 51.0 Å². The molecule has 2 bridgehead atoms. The molecule has 0 unspecified atom stereocenters. The normalized spacial score (nSPS) is 33.1. The van der Waals surface area contributed by atoms with E-state index < -0.39 is 0 Å². The number of benzene rings is 1. The minimum absolute atomic E-state index is 0.106. The number of carbonyl (C=O) groups excluding carboxylic acids is 1. The van der Waals surface area contributed by atoms with Crippen molar-refractivity contribution in [3.63, 3.8) is 0 Å².